The Bertz CT molecular complexity index is 711. The monoisotopic (exact) mass is 358 g/mol. The van der Waals surface area contributed by atoms with Gasteiger partial charge in [0.2, 0.25) is 0 Å². The van der Waals surface area contributed by atoms with Gasteiger partial charge >= 0.3 is 0 Å². The molecule has 0 aromatic heterocycles. The molecule has 0 aliphatic carbocycles. The van der Waals surface area contributed by atoms with Crippen LogP contribution in [0.25, 0.3) is 11.1 Å². The first-order chi connectivity index (χ1) is 12.0. The number of carbonyl (C=O) groups is 2. The van der Waals surface area contributed by atoms with Crippen LogP contribution in [0, 0.1) is 0 Å². The van der Waals surface area contributed by atoms with Crippen molar-refractivity contribution >= 4 is 23.3 Å². The van der Waals surface area contributed by atoms with Gasteiger partial charge in [0.05, 0.1) is 6.04 Å². The second-order valence-corrected chi connectivity index (χ2v) is 6.44. The maximum atomic E-state index is 12.4. The van der Waals surface area contributed by atoms with Crippen molar-refractivity contribution in [1.82, 2.24) is 5.32 Å². The molecule has 0 aliphatic rings. The molecule has 0 saturated heterocycles. The highest BCUT2D eigenvalue weighted by molar-refractivity contribution is 6.30. The summed E-state index contributed by atoms with van der Waals surface area (Å²) >= 11 is 5.90. The van der Waals surface area contributed by atoms with E-state index in [0.29, 0.717) is 23.6 Å². The zero-order valence-electron chi connectivity index (χ0n) is 14.3. The molecule has 2 rings (SSSR count). The molecule has 0 bridgehead atoms. The molecular formula is C20H23ClN2O2. The lowest BCUT2D eigenvalue weighted by atomic mass is 10.0. The number of benzene rings is 2. The zero-order chi connectivity index (χ0) is 18.2. The normalized spacial score (nSPS) is 11.8. The molecule has 1 atom stereocenters. The fourth-order valence-electron chi connectivity index (χ4n) is 2.57. The van der Waals surface area contributed by atoms with Gasteiger partial charge in [-0.25, -0.2) is 0 Å². The van der Waals surface area contributed by atoms with Crippen molar-refractivity contribution in [2.75, 3.05) is 6.54 Å². The highest BCUT2D eigenvalue weighted by Gasteiger charge is 2.17. The van der Waals surface area contributed by atoms with E-state index < -0.39 is 6.04 Å². The highest BCUT2D eigenvalue weighted by atomic mass is 35.5. The van der Waals surface area contributed by atoms with E-state index in [1.54, 1.807) is 12.1 Å². The fraction of sp³-hybridized carbons (Fsp3) is 0.300. The Morgan fingerprint density at radius 3 is 2.08 bits per heavy atom. The van der Waals surface area contributed by atoms with Crippen molar-refractivity contribution in [3.63, 3.8) is 0 Å². The summed E-state index contributed by atoms with van der Waals surface area (Å²) in [4.78, 5) is 24.1. The molecule has 0 spiro atoms. The Balaban J connectivity index is 2.03. The van der Waals surface area contributed by atoms with E-state index in [0.717, 1.165) is 24.0 Å². The van der Waals surface area contributed by atoms with E-state index in [1.165, 1.54) is 6.92 Å². The van der Waals surface area contributed by atoms with Crippen molar-refractivity contribution in [1.29, 1.82) is 0 Å². The van der Waals surface area contributed by atoms with E-state index in [1.807, 2.05) is 36.4 Å². The standard InChI is InChI=1S/C20H23ClN2O2/c1-14(24)19(4-2-3-13-22)23-20(25)17-7-5-15(6-8-17)16-9-11-18(21)12-10-16/h5-12,19H,2-4,13,22H2,1H3,(H,23,25)/t19-/m0/s1. The summed E-state index contributed by atoms with van der Waals surface area (Å²) in [5, 5.41) is 3.50. The summed E-state index contributed by atoms with van der Waals surface area (Å²) in [5.74, 6) is -0.279. The van der Waals surface area contributed by atoms with Crippen molar-refractivity contribution < 1.29 is 9.59 Å². The third-order valence-electron chi connectivity index (χ3n) is 4.07. The molecular weight excluding hydrogens is 336 g/mol. The van der Waals surface area contributed by atoms with E-state index in [9.17, 15) is 9.59 Å². The highest BCUT2D eigenvalue weighted by Crippen LogP contribution is 2.22. The van der Waals surface area contributed by atoms with Gasteiger partial charge in [-0.15, -0.1) is 0 Å². The van der Waals surface area contributed by atoms with Crippen molar-refractivity contribution in [3.8, 4) is 11.1 Å². The number of rotatable bonds is 8. The smallest absolute Gasteiger partial charge is 0.251 e. The van der Waals surface area contributed by atoms with Gasteiger partial charge in [-0.2, -0.15) is 0 Å². The number of carbonyl (C=O) groups excluding carboxylic acids is 2. The Morgan fingerprint density at radius 1 is 1.00 bits per heavy atom. The van der Waals surface area contributed by atoms with Crippen LogP contribution < -0.4 is 11.1 Å². The van der Waals surface area contributed by atoms with Gasteiger partial charge < -0.3 is 11.1 Å². The Morgan fingerprint density at radius 2 is 1.56 bits per heavy atom. The molecule has 0 unspecified atom stereocenters. The topological polar surface area (TPSA) is 72.2 Å². The lowest BCUT2D eigenvalue weighted by Gasteiger charge is -2.16. The number of unbranched alkanes of at least 4 members (excludes halogenated alkanes) is 1. The molecule has 2 aromatic carbocycles. The van der Waals surface area contributed by atoms with Gasteiger partial charge in [-0.3, -0.25) is 9.59 Å². The summed E-state index contributed by atoms with van der Waals surface area (Å²) in [6, 6.07) is 14.3. The number of halogens is 1. The average molecular weight is 359 g/mol. The molecule has 1 amide bonds. The van der Waals surface area contributed by atoms with E-state index in [-0.39, 0.29) is 11.7 Å². The summed E-state index contributed by atoms with van der Waals surface area (Å²) in [6.07, 6.45) is 2.27. The van der Waals surface area contributed by atoms with Crippen LogP contribution in [0.3, 0.4) is 0 Å². The first-order valence-electron chi connectivity index (χ1n) is 8.38. The molecule has 5 heteroatoms. The quantitative estimate of drug-likeness (QED) is 0.704. The van der Waals surface area contributed by atoms with Crippen molar-refractivity contribution in [2.24, 2.45) is 5.73 Å². The minimum Gasteiger partial charge on any atom is -0.342 e. The minimum atomic E-state index is -0.463. The predicted octanol–water partition coefficient (Wildman–Crippen LogP) is 3.82. The van der Waals surface area contributed by atoms with Crippen LogP contribution in [0.1, 0.15) is 36.5 Å². The molecule has 2 aromatic rings. The largest absolute Gasteiger partial charge is 0.342 e. The van der Waals surface area contributed by atoms with Crippen LogP contribution in [0.2, 0.25) is 5.02 Å². The Labute approximate surface area is 153 Å². The number of amides is 1. The summed E-state index contributed by atoms with van der Waals surface area (Å²) in [7, 11) is 0. The van der Waals surface area contributed by atoms with Crippen LogP contribution in [-0.2, 0) is 4.79 Å². The second kappa shape index (κ2) is 9.35. The molecule has 0 aliphatic heterocycles. The summed E-state index contributed by atoms with van der Waals surface area (Å²) in [6.45, 7) is 2.09. The van der Waals surface area contributed by atoms with Gasteiger partial charge in [-0.1, -0.05) is 35.9 Å². The van der Waals surface area contributed by atoms with Gasteiger partial charge in [-0.05, 0) is 68.1 Å². The molecule has 132 valence electrons. The van der Waals surface area contributed by atoms with Gasteiger partial charge in [0.25, 0.3) is 5.91 Å². The minimum absolute atomic E-state index is 0.0387. The molecule has 3 N–H and O–H groups in total. The predicted molar refractivity (Wildman–Crippen MR) is 102 cm³/mol. The second-order valence-electron chi connectivity index (χ2n) is 6.01. The zero-order valence-corrected chi connectivity index (χ0v) is 15.1. The maximum absolute atomic E-state index is 12.4. The SMILES string of the molecule is CC(=O)[C@H](CCCCN)NC(=O)c1ccc(-c2ccc(Cl)cc2)cc1. The molecule has 0 saturated carbocycles. The fourth-order valence-corrected chi connectivity index (χ4v) is 2.69. The number of Topliss-reactive ketones (excluding diaryl/α,β-unsaturated/α-hetero) is 1. The Kier molecular flexibility index (Phi) is 7.16. The van der Waals surface area contributed by atoms with Crippen LogP contribution in [0.4, 0.5) is 0 Å². The van der Waals surface area contributed by atoms with E-state index in [2.05, 4.69) is 5.32 Å². The van der Waals surface area contributed by atoms with E-state index in [4.69, 9.17) is 17.3 Å². The number of hydrogen-bond acceptors (Lipinski definition) is 3. The number of ketones is 1. The van der Waals surface area contributed by atoms with Crippen molar-refractivity contribution in [2.45, 2.75) is 32.2 Å². The van der Waals surface area contributed by atoms with Crippen LogP contribution in [0.5, 0.6) is 0 Å². The Hall–Kier alpha value is -2.17. The third kappa shape index (κ3) is 5.69. The number of nitrogens with two attached hydrogens (primary N) is 1. The van der Waals surface area contributed by atoms with Crippen LogP contribution in [0.15, 0.2) is 48.5 Å². The third-order valence-corrected chi connectivity index (χ3v) is 4.32. The van der Waals surface area contributed by atoms with Gasteiger partial charge in [0.1, 0.15) is 0 Å². The van der Waals surface area contributed by atoms with E-state index >= 15 is 0 Å². The van der Waals surface area contributed by atoms with Crippen LogP contribution in [-0.4, -0.2) is 24.3 Å². The lowest BCUT2D eigenvalue weighted by molar-refractivity contribution is -0.119. The number of hydrogen-bond donors (Lipinski definition) is 2. The number of nitrogens with one attached hydrogen (secondary N) is 1. The van der Waals surface area contributed by atoms with Gasteiger partial charge in [0.15, 0.2) is 5.78 Å². The summed E-state index contributed by atoms with van der Waals surface area (Å²) in [5.41, 5.74) is 8.03. The van der Waals surface area contributed by atoms with Crippen LogP contribution >= 0.6 is 11.6 Å². The molecule has 0 radical (unpaired) electrons. The molecule has 0 fully saturated rings. The molecule has 25 heavy (non-hydrogen) atoms. The summed E-state index contributed by atoms with van der Waals surface area (Å²) < 4.78 is 0. The first kappa shape index (κ1) is 19.2. The average Bonchev–Trinajstić information content (AvgIpc) is 2.61. The van der Waals surface area contributed by atoms with Gasteiger partial charge in [0, 0.05) is 10.6 Å². The molecule has 0 heterocycles. The molecule has 4 nitrogen and oxygen atoms in total. The maximum Gasteiger partial charge on any atom is 0.251 e. The first-order valence-corrected chi connectivity index (χ1v) is 8.76. The van der Waals surface area contributed by atoms with Crippen molar-refractivity contribution in [3.05, 3.63) is 59.1 Å². The lowest BCUT2D eigenvalue weighted by Crippen LogP contribution is -2.39.